The first-order valence-electron chi connectivity index (χ1n) is 10.9. The smallest absolute Gasteiger partial charge is 0.255 e. The molecule has 1 heterocycles. The number of amides is 2. The number of methoxy groups -OCH3 is 1. The highest BCUT2D eigenvalue weighted by molar-refractivity contribution is 6.02. The second-order valence-electron chi connectivity index (χ2n) is 8.61. The number of carbonyl (C=O) groups is 2. The number of hydrogen-bond acceptors (Lipinski definition) is 3. The van der Waals surface area contributed by atoms with E-state index in [4.69, 9.17) is 4.74 Å². The fourth-order valence-electron chi connectivity index (χ4n) is 4.95. The van der Waals surface area contributed by atoms with Gasteiger partial charge in [-0.15, -0.1) is 0 Å². The van der Waals surface area contributed by atoms with Crippen molar-refractivity contribution in [2.75, 3.05) is 7.11 Å². The Hall–Kier alpha value is -2.82. The summed E-state index contributed by atoms with van der Waals surface area (Å²) >= 11 is 0. The largest absolute Gasteiger partial charge is 0.497 e. The lowest BCUT2D eigenvalue weighted by Crippen LogP contribution is -2.65. The summed E-state index contributed by atoms with van der Waals surface area (Å²) in [5.74, 6) is 0.653. The van der Waals surface area contributed by atoms with Crippen LogP contribution in [-0.4, -0.2) is 35.4 Å². The Balaban J connectivity index is 1.61. The lowest BCUT2D eigenvalue weighted by atomic mass is 9.79. The minimum atomic E-state index is -0.897. The Kier molecular flexibility index (Phi) is 5.80. The normalized spacial score (nSPS) is 21.8. The molecule has 1 N–H and O–H groups in total. The highest BCUT2D eigenvalue weighted by atomic mass is 16.5. The fourth-order valence-corrected chi connectivity index (χ4v) is 4.95. The van der Waals surface area contributed by atoms with Gasteiger partial charge in [0, 0.05) is 24.6 Å². The maximum Gasteiger partial charge on any atom is 0.255 e. The number of hydrogen-bond donors (Lipinski definition) is 1. The van der Waals surface area contributed by atoms with Crippen LogP contribution in [0, 0.1) is 0 Å². The summed E-state index contributed by atoms with van der Waals surface area (Å²) < 4.78 is 5.28. The van der Waals surface area contributed by atoms with Gasteiger partial charge in [-0.3, -0.25) is 9.59 Å². The molecule has 1 aliphatic carbocycles. The molecular formula is C25H30N2O3. The molecule has 2 aromatic rings. The van der Waals surface area contributed by atoms with Crippen molar-refractivity contribution in [1.29, 1.82) is 0 Å². The van der Waals surface area contributed by atoms with Crippen molar-refractivity contribution in [3.8, 4) is 5.75 Å². The number of rotatable bonds is 5. The summed E-state index contributed by atoms with van der Waals surface area (Å²) in [6, 6.07) is 15.5. The third-order valence-corrected chi connectivity index (χ3v) is 6.55. The number of benzene rings is 2. The molecule has 1 atom stereocenters. The van der Waals surface area contributed by atoms with Crippen LogP contribution in [0.15, 0.2) is 48.5 Å². The summed E-state index contributed by atoms with van der Waals surface area (Å²) in [6.07, 6.45) is 5.89. The average molecular weight is 407 g/mol. The first kappa shape index (κ1) is 20.5. The van der Waals surface area contributed by atoms with E-state index in [0.29, 0.717) is 13.0 Å². The Morgan fingerprint density at radius 3 is 2.67 bits per heavy atom. The summed E-state index contributed by atoms with van der Waals surface area (Å²) in [5.41, 5.74) is 1.76. The van der Waals surface area contributed by atoms with Crippen LogP contribution in [-0.2, 0) is 17.8 Å². The molecular weight excluding hydrogens is 376 g/mol. The van der Waals surface area contributed by atoms with Gasteiger partial charge in [0.25, 0.3) is 5.91 Å². The third kappa shape index (κ3) is 3.81. The highest BCUT2D eigenvalue weighted by Crippen LogP contribution is 2.37. The van der Waals surface area contributed by atoms with E-state index in [0.717, 1.165) is 48.1 Å². The van der Waals surface area contributed by atoms with Crippen LogP contribution in [0.25, 0.3) is 0 Å². The SMILES string of the molecule is COc1cccc(CNC(=O)[C@@]2(C)Cc3ccccc3C(=O)N2C2CCCCC2)c1. The zero-order valence-corrected chi connectivity index (χ0v) is 17.8. The van der Waals surface area contributed by atoms with Gasteiger partial charge < -0.3 is 15.0 Å². The van der Waals surface area contributed by atoms with Crippen LogP contribution in [0.1, 0.15) is 60.5 Å². The zero-order chi connectivity index (χ0) is 21.1. The molecule has 1 saturated carbocycles. The van der Waals surface area contributed by atoms with Gasteiger partial charge in [0.1, 0.15) is 11.3 Å². The van der Waals surface area contributed by atoms with Gasteiger partial charge in [-0.05, 0) is 49.1 Å². The summed E-state index contributed by atoms with van der Waals surface area (Å²) in [4.78, 5) is 28.9. The van der Waals surface area contributed by atoms with Crippen LogP contribution in [0.5, 0.6) is 5.75 Å². The van der Waals surface area contributed by atoms with Gasteiger partial charge in [0.2, 0.25) is 5.91 Å². The second-order valence-corrected chi connectivity index (χ2v) is 8.61. The standard InChI is InChI=1S/C25H30N2O3/c1-25(24(29)26-17-18-9-8-13-21(15-18)30-2)16-19-10-6-7-14-22(19)23(28)27(25)20-11-4-3-5-12-20/h6-10,13-15,20H,3-5,11-12,16-17H2,1-2H3,(H,26,29)/t25-/m1/s1. The molecule has 0 saturated heterocycles. The minimum absolute atomic E-state index is 0.0113. The van der Waals surface area contributed by atoms with Crippen molar-refractivity contribution >= 4 is 11.8 Å². The number of nitrogens with zero attached hydrogens (tertiary/aromatic N) is 1. The van der Waals surface area contributed by atoms with E-state index in [2.05, 4.69) is 5.32 Å². The van der Waals surface area contributed by atoms with Crippen molar-refractivity contribution in [2.45, 2.75) is 63.6 Å². The molecule has 2 amide bonds. The molecule has 4 rings (SSSR count). The van der Waals surface area contributed by atoms with E-state index < -0.39 is 5.54 Å². The Morgan fingerprint density at radius 2 is 1.90 bits per heavy atom. The summed E-state index contributed by atoms with van der Waals surface area (Å²) in [5, 5.41) is 3.09. The van der Waals surface area contributed by atoms with Crippen molar-refractivity contribution in [2.24, 2.45) is 0 Å². The fraction of sp³-hybridized carbons (Fsp3) is 0.440. The van der Waals surface area contributed by atoms with Crippen LogP contribution >= 0.6 is 0 Å². The van der Waals surface area contributed by atoms with E-state index in [9.17, 15) is 9.59 Å². The van der Waals surface area contributed by atoms with Gasteiger partial charge in [-0.2, -0.15) is 0 Å². The molecule has 30 heavy (non-hydrogen) atoms. The van der Waals surface area contributed by atoms with Crippen LogP contribution in [0.4, 0.5) is 0 Å². The molecule has 0 spiro atoms. The van der Waals surface area contributed by atoms with E-state index in [-0.39, 0.29) is 17.9 Å². The summed E-state index contributed by atoms with van der Waals surface area (Å²) in [7, 11) is 1.63. The predicted molar refractivity (Wildman–Crippen MR) is 116 cm³/mol. The molecule has 2 aliphatic rings. The van der Waals surface area contributed by atoms with Crippen molar-refractivity contribution < 1.29 is 14.3 Å². The second kappa shape index (κ2) is 8.50. The topological polar surface area (TPSA) is 58.6 Å². The van der Waals surface area contributed by atoms with Crippen molar-refractivity contribution in [3.63, 3.8) is 0 Å². The quantitative estimate of drug-likeness (QED) is 0.813. The third-order valence-electron chi connectivity index (χ3n) is 6.55. The van der Waals surface area contributed by atoms with Gasteiger partial charge in [-0.1, -0.05) is 49.6 Å². The van der Waals surface area contributed by atoms with Gasteiger partial charge in [0.15, 0.2) is 0 Å². The van der Waals surface area contributed by atoms with Crippen LogP contribution in [0.3, 0.4) is 0 Å². The first-order valence-corrected chi connectivity index (χ1v) is 10.9. The van der Waals surface area contributed by atoms with Crippen LogP contribution < -0.4 is 10.1 Å². The van der Waals surface area contributed by atoms with E-state index in [1.165, 1.54) is 6.42 Å². The molecule has 2 aromatic carbocycles. The van der Waals surface area contributed by atoms with E-state index in [1.54, 1.807) is 7.11 Å². The number of nitrogens with one attached hydrogen (secondary N) is 1. The van der Waals surface area contributed by atoms with Crippen molar-refractivity contribution in [3.05, 3.63) is 65.2 Å². The monoisotopic (exact) mass is 406 g/mol. The molecule has 0 unspecified atom stereocenters. The van der Waals surface area contributed by atoms with E-state index >= 15 is 0 Å². The molecule has 0 bridgehead atoms. The average Bonchev–Trinajstić information content (AvgIpc) is 2.78. The predicted octanol–water partition coefficient (Wildman–Crippen LogP) is 4.10. The molecule has 1 aliphatic heterocycles. The minimum Gasteiger partial charge on any atom is -0.497 e. The lowest BCUT2D eigenvalue weighted by molar-refractivity contribution is -0.133. The first-order chi connectivity index (χ1) is 14.5. The zero-order valence-electron chi connectivity index (χ0n) is 17.8. The molecule has 0 aromatic heterocycles. The van der Waals surface area contributed by atoms with Gasteiger partial charge >= 0.3 is 0 Å². The van der Waals surface area contributed by atoms with Gasteiger partial charge in [0.05, 0.1) is 7.11 Å². The lowest BCUT2D eigenvalue weighted by Gasteiger charge is -2.49. The Morgan fingerprint density at radius 1 is 1.13 bits per heavy atom. The number of fused-ring (bicyclic) bond motifs is 1. The van der Waals surface area contributed by atoms with Gasteiger partial charge in [-0.25, -0.2) is 0 Å². The Labute approximate surface area is 178 Å². The van der Waals surface area contributed by atoms with Crippen LogP contribution in [0.2, 0.25) is 0 Å². The number of carbonyl (C=O) groups excluding carboxylic acids is 2. The molecule has 1 fully saturated rings. The molecule has 0 radical (unpaired) electrons. The summed E-state index contributed by atoms with van der Waals surface area (Å²) in [6.45, 7) is 2.33. The Bertz CT molecular complexity index is 935. The van der Waals surface area contributed by atoms with Crippen molar-refractivity contribution in [1.82, 2.24) is 10.2 Å². The maximum atomic E-state index is 13.5. The molecule has 5 heteroatoms. The highest BCUT2D eigenvalue weighted by Gasteiger charge is 2.49. The number of ether oxygens (including phenoxy) is 1. The molecule has 5 nitrogen and oxygen atoms in total. The molecule has 158 valence electrons. The maximum absolute atomic E-state index is 13.5. The van der Waals surface area contributed by atoms with E-state index in [1.807, 2.05) is 60.4 Å².